The molecule has 2 aromatic carbocycles. The second-order valence-electron chi connectivity index (χ2n) is 8.21. The number of benzene rings is 2. The summed E-state index contributed by atoms with van der Waals surface area (Å²) < 4.78 is 19.5. The Morgan fingerprint density at radius 2 is 1.70 bits per heavy atom. The molecule has 1 N–H and O–H groups in total. The summed E-state index contributed by atoms with van der Waals surface area (Å²) >= 11 is 0. The summed E-state index contributed by atoms with van der Waals surface area (Å²) in [4.78, 5) is 28.4. The Bertz CT molecular complexity index is 1030. The van der Waals surface area contributed by atoms with Crippen molar-refractivity contribution < 1.29 is 23.8 Å². The topological polar surface area (TPSA) is 66.8 Å². The first-order valence-electron chi connectivity index (χ1n) is 10.3. The number of ketones is 1. The number of fused-ring (bicyclic) bond motifs is 1. The molecule has 0 aromatic heterocycles. The minimum Gasteiger partial charge on any atom is -0.508 e. The van der Waals surface area contributed by atoms with Crippen molar-refractivity contribution in [3.63, 3.8) is 0 Å². The molecule has 30 heavy (non-hydrogen) atoms. The number of carbonyl (C=O) groups is 2. The first-order valence-corrected chi connectivity index (χ1v) is 10.3. The minimum absolute atomic E-state index is 0.00557. The molecule has 3 unspecified atom stereocenters. The average molecular weight is 407 g/mol. The van der Waals surface area contributed by atoms with Crippen LogP contribution in [-0.4, -0.2) is 27.8 Å². The number of nitrogens with zero attached hydrogens (tertiary/aromatic N) is 1. The van der Waals surface area contributed by atoms with Gasteiger partial charge in [-0.25, -0.2) is 4.39 Å². The van der Waals surface area contributed by atoms with Crippen molar-refractivity contribution in [1.29, 1.82) is 0 Å². The molecule has 2 aliphatic heterocycles. The van der Waals surface area contributed by atoms with E-state index in [1.165, 1.54) is 12.1 Å². The van der Waals surface area contributed by atoms with Crippen LogP contribution in [0.5, 0.6) is 5.75 Å². The summed E-state index contributed by atoms with van der Waals surface area (Å²) in [5, 5.41) is 9.70. The van der Waals surface area contributed by atoms with Gasteiger partial charge in [0, 0.05) is 6.54 Å². The largest absolute Gasteiger partial charge is 0.508 e. The van der Waals surface area contributed by atoms with Gasteiger partial charge in [-0.2, -0.15) is 0 Å². The zero-order chi connectivity index (χ0) is 20.8. The van der Waals surface area contributed by atoms with Gasteiger partial charge in [-0.15, -0.1) is 0 Å². The number of Topliss-reactive ketones (excluding diaryl/α,β-unsaturated/α-hetero) is 1. The Hall–Kier alpha value is -3.15. The number of phenols is 1. The smallest absolute Gasteiger partial charge is 0.290 e. The molecule has 0 spiro atoms. The summed E-state index contributed by atoms with van der Waals surface area (Å²) in [5.41, 5.74) is 1.91. The third-order valence-corrected chi connectivity index (χ3v) is 6.33. The lowest BCUT2D eigenvalue weighted by atomic mass is 9.77. The molecule has 3 atom stereocenters. The highest BCUT2D eigenvalue weighted by molar-refractivity contribution is 6.11. The van der Waals surface area contributed by atoms with Gasteiger partial charge < -0.3 is 14.7 Å². The fraction of sp³-hybridized carbons (Fsp3) is 0.333. The number of carbonyl (C=O) groups excluding carboxylic acids is 2. The first-order chi connectivity index (χ1) is 14.5. The van der Waals surface area contributed by atoms with Crippen LogP contribution in [-0.2, 0) is 20.9 Å². The van der Waals surface area contributed by atoms with Crippen LogP contribution in [0, 0.1) is 11.7 Å². The van der Waals surface area contributed by atoms with Crippen LogP contribution in [0.25, 0.3) is 0 Å². The number of hydrogen-bond acceptors (Lipinski definition) is 4. The monoisotopic (exact) mass is 407 g/mol. The summed E-state index contributed by atoms with van der Waals surface area (Å²) in [7, 11) is 0. The minimum atomic E-state index is -0.589. The van der Waals surface area contributed by atoms with Crippen LogP contribution >= 0.6 is 0 Å². The third-order valence-electron chi connectivity index (χ3n) is 6.33. The predicted molar refractivity (Wildman–Crippen MR) is 107 cm³/mol. The average Bonchev–Trinajstić information content (AvgIpc) is 3.03. The highest BCUT2D eigenvalue weighted by Gasteiger charge is 2.51. The number of phenolic OH excluding ortho intramolecular Hbond substituents is 1. The van der Waals surface area contributed by atoms with Gasteiger partial charge in [0.05, 0.1) is 17.5 Å². The number of aromatic hydroxyl groups is 1. The molecule has 1 saturated carbocycles. The first kappa shape index (κ1) is 18.9. The Morgan fingerprint density at radius 1 is 1.00 bits per heavy atom. The van der Waals surface area contributed by atoms with Crippen molar-refractivity contribution in [3.05, 3.63) is 76.8 Å². The van der Waals surface area contributed by atoms with E-state index in [1.54, 1.807) is 41.3 Å². The fourth-order valence-corrected chi connectivity index (χ4v) is 4.85. The quantitative estimate of drug-likeness (QED) is 0.834. The van der Waals surface area contributed by atoms with E-state index in [9.17, 15) is 19.1 Å². The van der Waals surface area contributed by atoms with Crippen LogP contribution in [0.1, 0.15) is 42.9 Å². The summed E-state index contributed by atoms with van der Waals surface area (Å²) in [6.07, 6.45) is 3.29. The van der Waals surface area contributed by atoms with E-state index < -0.39 is 6.04 Å². The maximum Gasteiger partial charge on any atom is 0.290 e. The molecule has 2 aromatic rings. The molecule has 5 rings (SSSR count). The van der Waals surface area contributed by atoms with E-state index in [0.717, 1.165) is 36.8 Å². The molecular formula is C24H22FNO4. The predicted octanol–water partition coefficient (Wildman–Crippen LogP) is 4.03. The molecule has 0 bridgehead atoms. The molecule has 0 saturated heterocycles. The molecule has 1 fully saturated rings. The van der Waals surface area contributed by atoms with Gasteiger partial charge in [-0.05, 0) is 54.7 Å². The molecule has 6 heteroatoms. The molecule has 3 aliphatic rings. The molecule has 154 valence electrons. The Balaban J connectivity index is 1.57. The lowest BCUT2D eigenvalue weighted by molar-refractivity contribution is -0.135. The molecule has 2 heterocycles. The van der Waals surface area contributed by atoms with E-state index in [-0.39, 0.29) is 47.6 Å². The van der Waals surface area contributed by atoms with Gasteiger partial charge in [-0.3, -0.25) is 9.59 Å². The van der Waals surface area contributed by atoms with E-state index in [1.807, 2.05) is 0 Å². The fourth-order valence-electron chi connectivity index (χ4n) is 4.85. The van der Waals surface area contributed by atoms with Crippen molar-refractivity contribution in [2.45, 2.75) is 44.4 Å². The van der Waals surface area contributed by atoms with Gasteiger partial charge in [0.15, 0.2) is 11.5 Å². The molecule has 0 radical (unpaired) electrons. The standard InChI is InChI=1S/C24H22FNO4/c25-16-9-5-14(6-10-16)13-26-21(15-7-11-17(27)12-8-15)20-22(28)18-3-1-2-4-19(18)30-23(20)24(26)29/h5-12,18-19,21,27H,1-4,13H2. The van der Waals surface area contributed by atoms with Gasteiger partial charge in [0.2, 0.25) is 0 Å². The number of hydrogen-bond donors (Lipinski definition) is 1. The highest BCUT2D eigenvalue weighted by atomic mass is 19.1. The van der Waals surface area contributed by atoms with E-state index >= 15 is 0 Å². The second-order valence-corrected chi connectivity index (χ2v) is 8.21. The van der Waals surface area contributed by atoms with Gasteiger partial charge in [0.1, 0.15) is 17.7 Å². The van der Waals surface area contributed by atoms with Crippen molar-refractivity contribution in [2.75, 3.05) is 0 Å². The number of halogens is 1. The van der Waals surface area contributed by atoms with Crippen LogP contribution < -0.4 is 0 Å². The number of amides is 1. The van der Waals surface area contributed by atoms with E-state index in [2.05, 4.69) is 0 Å². The SMILES string of the molecule is O=C1C2=C(OC3CCCCC13)C(=O)N(Cc1ccc(F)cc1)C2c1ccc(O)cc1. The highest BCUT2D eigenvalue weighted by Crippen LogP contribution is 2.47. The Kier molecular flexibility index (Phi) is 4.57. The van der Waals surface area contributed by atoms with Crippen molar-refractivity contribution in [2.24, 2.45) is 5.92 Å². The van der Waals surface area contributed by atoms with Gasteiger partial charge >= 0.3 is 0 Å². The van der Waals surface area contributed by atoms with Crippen molar-refractivity contribution in [3.8, 4) is 5.75 Å². The second kappa shape index (κ2) is 7.27. The van der Waals surface area contributed by atoms with Gasteiger partial charge in [-0.1, -0.05) is 30.7 Å². The van der Waals surface area contributed by atoms with Crippen molar-refractivity contribution >= 4 is 11.7 Å². The molecule has 5 nitrogen and oxygen atoms in total. The zero-order valence-corrected chi connectivity index (χ0v) is 16.4. The third kappa shape index (κ3) is 3.07. The maximum atomic E-state index is 13.5. The van der Waals surface area contributed by atoms with Gasteiger partial charge in [0.25, 0.3) is 5.91 Å². The zero-order valence-electron chi connectivity index (χ0n) is 16.4. The number of ether oxygens (including phenoxy) is 1. The Labute approximate surface area is 173 Å². The van der Waals surface area contributed by atoms with Crippen LogP contribution in [0.15, 0.2) is 59.9 Å². The van der Waals surface area contributed by atoms with Crippen LogP contribution in [0.4, 0.5) is 4.39 Å². The normalized spacial score (nSPS) is 25.8. The molecule has 1 amide bonds. The molecule has 1 aliphatic carbocycles. The Morgan fingerprint density at radius 3 is 2.43 bits per heavy atom. The number of rotatable bonds is 3. The lowest BCUT2D eigenvalue weighted by Gasteiger charge is -2.35. The lowest BCUT2D eigenvalue weighted by Crippen LogP contribution is -2.39. The summed E-state index contributed by atoms with van der Waals surface area (Å²) in [6, 6.07) is 11.9. The summed E-state index contributed by atoms with van der Waals surface area (Å²) in [5.74, 6) is -0.611. The maximum absolute atomic E-state index is 13.5. The van der Waals surface area contributed by atoms with Crippen LogP contribution in [0.3, 0.4) is 0 Å². The van der Waals surface area contributed by atoms with Crippen LogP contribution in [0.2, 0.25) is 0 Å². The molecular weight excluding hydrogens is 385 g/mol. The van der Waals surface area contributed by atoms with E-state index in [0.29, 0.717) is 5.57 Å². The van der Waals surface area contributed by atoms with Crippen molar-refractivity contribution in [1.82, 2.24) is 4.90 Å². The van der Waals surface area contributed by atoms with E-state index in [4.69, 9.17) is 4.74 Å². The summed E-state index contributed by atoms with van der Waals surface area (Å²) in [6.45, 7) is 0.226.